The zero-order chi connectivity index (χ0) is 21.0. The van der Waals surface area contributed by atoms with E-state index in [0.717, 1.165) is 30.1 Å². The Hall–Kier alpha value is -0.600. The Kier molecular flexibility index (Phi) is 5.84. The fourth-order valence-corrected chi connectivity index (χ4v) is 8.50. The van der Waals surface area contributed by atoms with Gasteiger partial charge in [0.05, 0.1) is 12.2 Å². The summed E-state index contributed by atoms with van der Waals surface area (Å²) in [6, 6.07) is 0. The first kappa shape index (κ1) is 21.6. The lowest BCUT2D eigenvalue weighted by atomic mass is 9.46. The van der Waals surface area contributed by atoms with Crippen molar-refractivity contribution in [1.82, 2.24) is 0 Å². The number of allylic oxidation sites excluding steroid dienone is 3. The maximum Gasteiger partial charge on any atom is 0.0836 e. The molecule has 9 atom stereocenters. The molecule has 0 aromatic carbocycles. The molecule has 0 saturated heterocycles. The lowest BCUT2D eigenvalue weighted by Crippen LogP contribution is -2.53. The normalized spacial score (nSPS) is 47.5. The maximum absolute atomic E-state index is 10.5. The van der Waals surface area contributed by atoms with Gasteiger partial charge in [0.1, 0.15) is 0 Å². The van der Waals surface area contributed by atoms with Crippen LogP contribution in [0, 0.1) is 40.4 Å². The maximum atomic E-state index is 10.5. The average Bonchev–Trinajstić information content (AvgIpc) is 3.00. The van der Waals surface area contributed by atoms with Gasteiger partial charge in [-0.25, -0.2) is 0 Å². The molecule has 0 heterocycles. The van der Waals surface area contributed by atoms with Crippen molar-refractivity contribution < 1.29 is 10.2 Å². The molecule has 0 amide bonds. The van der Waals surface area contributed by atoms with Crippen molar-refractivity contribution in [3.63, 3.8) is 0 Å². The summed E-state index contributed by atoms with van der Waals surface area (Å²) in [6.07, 6.45) is 14.5. The minimum absolute atomic E-state index is 0.107. The fourth-order valence-electron chi connectivity index (χ4n) is 8.50. The van der Waals surface area contributed by atoms with Crippen molar-refractivity contribution in [2.45, 2.75) is 105 Å². The first-order valence-corrected chi connectivity index (χ1v) is 12.4. The summed E-state index contributed by atoms with van der Waals surface area (Å²) in [5, 5.41) is 20.7. The van der Waals surface area contributed by atoms with E-state index in [1.807, 2.05) is 0 Å². The van der Waals surface area contributed by atoms with Gasteiger partial charge in [-0.3, -0.25) is 0 Å². The zero-order valence-electron chi connectivity index (χ0n) is 19.5. The molecule has 3 saturated carbocycles. The molecule has 0 spiro atoms. The van der Waals surface area contributed by atoms with Crippen LogP contribution in [-0.2, 0) is 0 Å². The molecule has 3 fully saturated rings. The Morgan fingerprint density at radius 3 is 2.62 bits per heavy atom. The van der Waals surface area contributed by atoms with Crippen molar-refractivity contribution in [2.24, 2.45) is 40.4 Å². The van der Waals surface area contributed by atoms with Gasteiger partial charge in [0.2, 0.25) is 0 Å². The van der Waals surface area contributed by atoms with Crippen LogP contribution in [0.25, 0.3) is 0 Å². The molecule has 1 unspecified atom stereocenters. The van der Waals surface area contributed by atoms with Crippen LogP contribution in [-0.4, -0.2) is 22.4 Å². The van der Waals surface area contributed by atoms with E-state index in [2.05, 4.69) is 46.8 Å². The molecule has 0 aliphatic heterocycles. The van der Waals surface area contributed by atoms with Crippen molar-refractivity contribution >= 4 is 0 Å². The molecular formula is C27H44O2. The van der Waals surface area contributed by atoms with Crippen molar-refractivity contribution in [2.75, 3.05) is 0 Å². The zero-order valence-corrected chi connectivity index (χ0v) is 19.5. The van der Waals surface area contributed by atoms with Gasteiger partial charge in [0.15, 0.2) is 0 Å². The third-order valence-corrected chi connectivity index (χ3v) is 10.1. The molecule has 0 aromatic rings. The summed E-state index contributed by atoms with van der Waals surface area (Å²) in [5.41, 5.74) is 3.51. The van der Waals surface area contributed by atoms with E-state index in [9.17, 15) is 10.2 Å². The van der Waals surface area contributed by atoms with Gasteiger partial charge in [0, 0.05) is 0 Å². The van der Waals surface area contributed by atoms with Crippen LogP contribution in [0.5, 0.6) is 0 Å². The van der Waals surface area contributed by atoms with E-state index in [-0.39, 0.29) is 5.41 Å². The first-order valence-electron chi connectivity index (χ1n) is 12.4. The predicted octanol–water partition coefficient (Wildman–Crippen LogP) is 6.28. The second-order valence-electron chi connectivity index (χ2n) is 11.9. The summed E-state index contributed by atoms with van der Waals surface area (Å²) in [5.74, 6) is 4.00. The van der Waals surface area contributed by atoms with Gasteiger partial charge >= 0.3 is 0 Å². The van der Waals surface area contributed by atoms with Crippen LogP contribution >= 0.6 is 0 Å². The SMILES string of the molecule is CC(C)=CCC[C@@H](C)[C@H]1CC[C@H]2[C@@H]3CC=C4CC(O)[C@@H](O)C[C@]4(C)[C@H]3CC[C@]12C. The van der Waals surface area contributed by atoms with Crippen molar-refractivity contribution in [3.8, 4) is 0 Å². The fraction of sp³-hybridized carbons (Fsp3) is 0.852. The Balaban J connectivity index is 1.52. The van der Waals surface area contributed by atoms with Crippen molar-refractivity contribution in [3.05, 3.63) is 23.3 Å². The van der Waals surface area contributed by atoms with E-state index in [1.165, 1.54) is 56.1 Å². The molecule has 4 aliphatic carbocycles. The summed E-state index contributed by atoms with van der Waals surface area (Å²) < 4.78 is 0. The summed E-state index contributed by atoms with van der Waals surface area (Å²) in [6.45, 7) is 12.0. The number of aliphatic hydroxyl groups is 2. The highest BCUT2D eigenvalue weighted by Gasteiger charge is 2.59. The number of hydrogen-bond donors (Lipinski definition) is 2. The van der Waals surface area contributed by atoms with Crippen LogP contribution in [0.2, 0.25) is 0 Å². The third kappa shape index (κ3) is 3.57. The standard InChI is InChI=1S/C27H44O2/c1-17(2)7-6-8-18(3)21-11-12-22-20-10-9-19-15-24(28)25(29)16-27(19,5)23(20)13-14-26(21,22)4/h7,9,18,20-25,28-29H,6,8,10-16H2,1-5H3/t18-,20+,21-,22+,23+,24?,25+,26-,27+/m1/s1. The quantitative estimate of drug-likeness (QED) is 0.545. The highest BCUT2D eigenvalue weighted by molar-refractivity contribution is 5.26. The van der Waals surface area contributed by atoms with Gasteiger partial charge < -0.3 is 10.2 Å². The van der Waals surface area contributed by atoms with Gasteiger partial charge in [-0.2, -0.15) is 0 Å². The van der Waals surface area contributed by atoms with Crippen LogP contribution in [0.4, 0.5) is 0 Å². The molecule has 4 aliphatic rings. The van der Waals surface area contributed by atoms with E-state index in [1.54, 1.807) is 0 Å². The number of hydrogen-bond acceptors (Lipinski definition) is 2. The Labute approximate surface area is 178 Å². The van der Waals surface area contributed by atoms with Crippen LogP contribution < -0.4 is 0 Å². The monoisotopic (exact) mass is 400 g/mol. The highest BCUT2D eigenvalue weighted by atomic mass is 16.3. The minimum atomic E-state index is -0.558. The minimum Gasteiger partial charge on any atom is -0.390 e. The molecule has 0 bridgehead atoms. The second-order valence-corrected chi connectivity index (χ2v) is 11.9. The molecule has 0 aromatic heterocycles. The summed E-state index contributed by atoms with van der Waals surface area (Å²) >= 11 is 0. The van der Waals surface area contributed by atoms with E-state index in [4.69, 9.17) is 0 Å². The lowest BCUT2D eigenvalue weighted by molar-refractivity contribution is -0.0888. The van der Waals surface area contributed by atoms with Gasteiger partial charge in [-0.15, -0.1) is 0 Å². The topological polar surface area (TPSA) is 40.5 Å². The summed E-state index contributed by atoms with van der Waals surface area (Å²) in [4.78, 5) is 0. The highest BCUT2D eigenvalue weighted by Crippen LogP contribution is 2.67. The second kappa shape index (κ2) is 7.83. The van der Waals surface area contributed by atoms with E-state index < -0.39 is 12.2 Å². The molecule has 164 valence electrons. The Morgan fingerprint density at radius 2 is 1.90 bits per heavy atom. The molecular weight excluding hydrogens is 356 g/mol. The molecule has 2 nitrogen and oxygen atoms in total. The molecule has 2 N–H and O–H groups in total. The molecule has 2 heteroatoms. The molecule has 0 radical (unpaired) electrons. The Morgan fingerprint density at radius 1 is 1.14 bits per heavy atom. The van der Waals surface area contributed by atoms with Crippen LogP contribution in [0.3, 0.4) is 0 Å². The van der Waals surface area contributed by atoms with Gasteiger partial charge in [0.25, 0.3) is 0 Å². The number of aliphatic hydroxyl groups excluding tert-OH is 2. The first-order chi connectivity index (χ1) is 13.7. The van der Waals surface area contributed by atoms with Gasteiger partial charge in [-0.1, -0.05) is 44.1 Å². The van der Waals surface area contributed by atoms with E-state index in [0.29, 0.717) is 17.8 Å². The lowest BCUT2D eigenvalue weighted by Gasteiger charge is -2.59. The number of rotatable bonds is 4. The van der Waals surface area contributed by atoms with Crippen LogP contribution in [0.1, 0.15) is 92.4 Å². The van der Waals surface area contributed by atoms with Crippen molar-refractivity contribution in [1.29, 1.82) is 0 Å². The predicted molar refractivity (Wildman–Crippen MR) is 120 cm³/mol. The average molecular weight is 401 g/mol. The van der Waals surface area contributed by atoms with Crippen LogP contribution in [0.15, 0.2) is 23.3 Å². The third-order valence-electron chi connectivity index (χ3n) is 10.1. The Bertz CT molecular complexity index is 674. The molecule has 29 heavy (non-hydrogen) atoms. The molecule has 4 rings (SSSR count). The van der Waals surface area contributed by atoms with Gasteiger partial charge in [-0.05, 0) is 112 Å². The number of fused-ring (bicyclic) bond motifs is 5. The van der Waals surface area contributed by atoms with E-state index >= 15 is 0 Å². The smallest absolute Gasteiger partial charge is 0.0836 e. The summed E-state index contributed by atoms with van der Waals surface area (Å²) in [7, 11) is 0. The largest absolute Gasteiger partial charge is 0.390 e.